The molecule has 1 aromatic carbocycles. The third kappa shape index (κ3) is 3.34. The zero-order valence-electron chi connectivity index (χ0n) is 7.41. The second-order valence-electron chi connectivity index (χ2n) is 2.51. The van der Waals surface area contributed by atoms with Gasteiger partial charge in [0.15, 0.2) is 18.3 Å². The van der Waals surface area contributed by atoms with Crippen molar-refractivity contribution in [3.8, 4) is 0 Å². The summed E-state index contributed by atoms with van der Waals surface area (Å²) < 4.78 is 0. The predicted octanol–water partition coefficient (Wildman–Crippen LogP) is 2.16. The largest absolute Gasteiger partial charge is 0.296 e. The van der Waals surface area contributed by atoms with Gasteiger partial charge in [0.05, 0.1) is 10.7 Å². The van der Waals surface area contributed by atoms with E-state index in [-0.39, 0.29) is 5.71 Å². The second-order valence-corrected chi connectivity index (χ2v) is 3.35. The van der Waals surface area contributed by atoms with E-state index < -0.39 is 0 Å². The van der Waals surface area contributed by atoms with Crippen LogP contribution in [0.1, 0.15) is 0 Å². The lowest BCUT2D eigenvalue weighted by Crippen LogP contribution is -2.04. The van der Waals surface area contributed by atoms with Crippen LogP contribution in [0.2, 0.25) is 10.0 Å². The lowest BCUT2D eigenvalue weighted by Gasteiger charge is -2.02. The van der Waals surface area contributed by atoms with Crippen molar-refractivity contribution in [3.05, 3.63) is 28.2 Å². The predicted molar refractivity (Wildman–Crippen MR) is 59.6 cm³/mol. The Kier molecular flexibility index (Phi) is 4.27. The fourth-order valence-corrected chi connectivity index (χ4v) is 1.24. The molecule has 0 heterocycles. The topological polar surface area (TPSA) is 58.5 Å². The van der Waals surface area contributed by atoms with Gasteiger partial charge >= 0.3 is 0 Å². The number of halogens is 2. The fraction of sp³-hybridized carbons (Fsp3) is 0. The Morgan fingerprint density at radius 2 is 1.93 bits per heavy atom. The zero-order valence-corrected chi connectivity index (χ0v) is 8.92. The number of hydrazone groups is 1. The SMILES string of the molecule is O=CC(C=O)=NNc1ccc(Cl)cc1Cl. The van der Waals surface area contributed by atoms with Crippen LogP contribution in [0.5, 0.6) is 0 Å². The summed E-state index contributed by atoms with van der Waals surface area (Å²) in [6, 6.07) is 4.70. The van der Waals surface area contributed by atoms with E-state index in [1.54, 1.807) is 12.1 Å². The third-order valence-electron chi connectivity index (χ3n) is 1.48. The van der Waals surface area contributed by atoms with Crippen LogP contribution in [0, 0.1) is 0 Å². The Morgan fingerprint density at radius 3 is 2.47 bits per heavy atom. The minimum atomic E-state index is -0.249. The van der Waals surface area contributed by atoms with Gasteiger partial charge in [-0.15, -0.1) is 0 Å². The number of aldehydes is 2. The van der Waals surface area contributed by atoms with Gasteiger partial charge in [-0.1, -0.05) is 23.2 Å². The van der Waals surface area contributed by atoms with Crippen LogP contribution in [-0.2, 0) is 9.59 Å². The molecule has 6 heteroatoms. The standard InChI is InChI=1S/C9H6Cl2N2O2/c10-6-1-2-9(8(11)3-6)13-12-7(4-14)5-15/h1-5,13H. The zero-order chi connectivity index (χ0) is 11.3. The van der Waals surface area contributed by atoms with Gasteiger partial charge in [0.25, 0.3) is 0 Å². The van der Waals surface area contributed by atoms with Gasteiger partial charge in [-0.05, 0) is 18.2 Å². The molecule has 4 nitrogen and oxygen atoms in total. The molecule has 0 amide bonds. The maximum atomic E-state index is 10.2. The van der Waals surface area contributed by atoms with Gasteiger partial charge in [-0.3, -0.25) is 15.0 Å². The van der Waals surface area contributed by atoms with Crippen molar-refractivity contribution in [3.63, 3.8) is 0 Å². The van der Waals surface area contributed by atoms with Crippen LogP contribution < -0.4 is 5.43 Å². The molecule has 1 aromatic rings. The van der Waals surface area contributed by atoms with E-state index in [0.717, 1.165) is 0 Å². The van der Waals surface area contributed by atoms with Gasteiger partial charge < -0.3 is 0 Å². The van der Waals surface area contributed by atoms with Crippen molar-refractivity contribution in [1.29, 1.82) is 0 Å². The van der Waals surface area contributed by atoms with Crippen LogP contribution in [-0.4, -0.2) is 18.3 Å². The van der Waals surface area contributed by atoms with Crippen LogP contribution >= 0.6 is 23.2 Å². The number of rotatable bonds is 4. The molecule has 0 aromatic heterocycles. The molecule has 0 aliphatic carbocycles. The van der Waals surface area contributed by atoms with E-state index in [9.17, 15) is 9.59 Å². The molecule has 0 aliphatic heterocycles. The molecule has 15 heavy (non-hydrogen) atoms. The van der Waals surface area contributed by atoms with Crippen LogP contribution in [0.25, 0.3) is 0 Å². The highest BCUT2D eigenvalue weighted by molar-refractivity contribution is 6.53. The number of nitrogens with one attached hydrogen (secondary N) is 1. The number of carbonyl (C=O) groups is 2. The molecule has 0 saturated carbocycles. The summed E-state index contributed by atoms with van der Waals surface area (Å²) >= 11 is 11.5. The van der Waals surface area contributed by atoms with E-state index >= 15 is 0 Å². The summed E-state index contributed by atoms with van der Waals surface area (Å²) in [7, 11) is 0. The number of nitrogens with zero attached hydrogens (tertiary/aromatic N) is 1. The summed E-state index contributed by atoms with van der Waals surface area (Å²) in [5, 5.41) is 4.36. The van der Waals surface area contributed by atoms with Crippen LogP contribution in [0.3, 0.4) is 0 Å². The van der Waals surface area contributed by atoms with Gasteiger partial charge in [-0.25, -0.2) is 0 Å². The van der Waals surface area contributed by atoms with Gasteiger partial charge in [-0.2, -0.15) is 5.10 Å². The van der Waals surface area contributed by atoms with Crippen molar-refractivity contribution in [1.82, 2.24) is 0 Å². The number of hydrogen-bond acceptors (Lipinski definition) is 4. The number of carbonyl (C=O) groups excluding carboxylic acids is 2. The van der Waals surface area contributed by atoms with Crippen LogP contribution in [0.15, 0.2) is 23.3 Å². The molecular formula is C9H6Cl2N2O2. The summed E-state index contributed by atoms with van der Waals surface area (Å²) in [4.78, 5) is 20.5. The Hall–Kier alpha value is -1.39. The lowest BCUT2D eigenvalue weighted by atomic mass is 10.3. The summed E-state index contributed by atoms with van der Waals surface area (Å²) in [6.07, 6.45) is 0.674. The first-order valence-electron chi connectivity index (χ1n) is 3.86. The maximum Gasteiger partial charge on any atom is 0.173 e. The molecule has 0 unspecified atom stereocenters. The lowest BCUT2D eigenvalue weighted by molar-refractivity contribution is -0.105. The highest BCUT2D eigenvalue weighted by Gasteiger charge is 2.00. The Labute approximate surface area is 95.9 Å². The molecule has 0 spiro atoms. The smallest absolute Gasteiger partial charge is 0.173 e. The first-order valence-corrected chi connectivity index (χ1v) is 4.62. The summed E-state index contributed by atoms with van der Waals surface area (Å²) in [6.45, 7) is 0. The molecule has 0 fully saturated rings. The first kappa shape index (κ1) is 11.7. The number of benzene rings is 1. The van der Waals surface area contributed by atoms with Crippen molar-refractivity contribution >= 4 is 47.2 Å². The van der Waals surface area contributed by atoms with E-state index in [4.69, 9.17) is 23.2 Å². The fourth-order valence-electron chi connectivity index (χ4n) is 0.785. The van der Waals surface area contributed by atoms with E-state index in [1.807, 2.05) is 0 Å². The van der Waals surface area contributed by atoms with Gasteiger partial charge in [0.2, 0.25) is 0 Å². The molecule has 78 valence electrons. The maximum absolute atomic E-state index is 10.2. The highest BCUT2D eigenvalue weighted by Crippen LogP contribution is 2.25. The molecule has 1 N–H and O–H groups in total. The normalized spacial score (nSPS) is 9.20. The minimum absolute atomic E-state index is 0.249. The molecule has 0 radical (unpaired) electrons. The summed E-state index contributed by atoms with van der Waals surface area (Å²) in [5.41, 5.74) is 2.69. The van der Waals surface area contributed by atoms with E-state index in [1.165, 1.54) is 6.07 Å². The Morgan fingerprint density at radius 1 is 1.27 bits per heavy atom. The molecule has 0 atom stereocenters. The van der Waals surface area contributed by atoms with Gasteiger partial charge in [0.1, 0.15) is 0 Å². The third-order valence-corrected chi connectivity index (χ3v) is 2.03. The van der Waals surface area contributed by atoms with E-state index in [2.05, 4.69) is 10.5 Å². The van der Waals surface area contributed by atoms with Gasteiger partial charge in [0, 0.05) is 5.02 Å². The quantitative estimate of drug-likeness (QED) is 0.382. The summed E-state index contributed by atoms with van der Waals surface area (Å²) in [5.74, 6) is 0. The average Bonchev–Trinajstić information content (AvgIpc) is 2.22. The Balaban J connectivity index is 2.85. The van der Waals surface area contributed by atoms with Crippen molar-refractivity contribution < 1.29 is 9.59 Å². The second kappa shape index (κ2) is 5.48. The molecule has 0 saturated heterocycles. The molecular weight excluding hydrogens is 239 g/mol. The van der Waals surface area contributed by atoms with Crippen molar-refractivity contribution in [2.45, 2.75) is 0 Å². The van der Waals surface area contributed by atoms with Crippen molar-refractivity contribution in [2.75, 3.05) is 5.43 Å². The number of hydrogen-bond donors (Lipinski definition) is 1. The molecule has 0 aliphatic rings. The molecule has 1 rings (SSSR count). The monoisotopic (exact) mass is 244 g/mol. The molecule has 0 bridgehead atoms. The minimum Gasteiger partial charge on any atom is -0.296 e. The number of anilines is 1. The van der Waals surface area contributed by atoms with E-state index in [0.29, 0.717) is 28.3 Å². The average molecular weight is 245 g/mol. The van der Waals surface area contributed by atoms with Crippen LogP contribution in [0.4, 0.5) is 5.69 Å². The Bertz CT molecular complexity index is 409. The first-order chi connectivity index (χ1) is 7.17. The van der Waals surface area contributed by atoms with Crippen molar-refractivity contribution in [2.24, 2.45) is 5.10 Å². The highest BCUT2D eigenvalue weighted by atomic mass is 35.5.